The fourth-order valence-electron chi connectivity index (χ4n) is 2.67. The van der Waals surface area contributed by atoms with Crippen LogP contribution in [0.15, 0.2) is 68.8 Å². The van der Waals surface area contributed by atoms with Gasteiger partial charge in [-0.05, 0) is 58.4 Å². The number of esters is 1. The minimum Gasteiger partial charge on any atom is -0.454 e. The summed E-state index contributed by atoms with van der Waals surface area (Å²) in [5.41, 5.74) is 3.37. The Kier molecular flexibility index (Phi) is 6.28. The van der Waals surface area contributed by atoms with Crippen LogP contribution in [-0.2, 0) is 0 Å². The zero-order valence-corrected chi connectivity index (χ0v) is 18.8. The Morgan fingerprint density at radius 2 is 1.94 bits per heavy atom. The zero-order chi connectivity index (χ0) is 21.8. The van der Waals surface area contributed by atoms with Crippen LogP contribution in [0.1, 0.15) is 26.4 Å². The monoisotopic (exact) mass is 545 g/mol. The summed E-state index contributed by atoms with van der Waals surface area (Å²) in [4.78, 5) is 28.8. The highest BCUT2D eigenvalue weighted by atomic mass is 79.9. The van der Waals surface area contributed by atoms with Crippen LogP contribution in [0.2, 0.25) is 0 Å². The largest absolute Gasteiger partial charge is 0.454 e. The highest BCUT2D eigenvalue weighted by Gasteiger charge is 2.19. The maximum Gasteiger partial charge on any atom is 0.343 e. The maximum absolute atomic E-state index is 12.7. The first-order valence-corrected chi connectivity index (χ1v) is 10.4. The summed E-state index contributed by atoms with van der Waals surface area (Å²) >= 11 is 6.79. The van der Waals surface area contributed by atoms with Crippen LogP contribution in [0, 0.1) is 0 Å². The fourth-order valence-corrected chi connectivity index (χ4v) is 4.01. The number of aromatic nitrogens is 1. The average Bonchev–Trinajstić information content (AvgIpc) is 3.24. The van der Waals surface area contributed by atoms with Crippen LogP contribution in [0.25, 0.3) is 0 Å². The summed E-state index contributed by atoms with van der Waals surface area (Å²) in [5.74, 6) is 0.223. The van der Waals surface area contributed by atoms with E-state index in [1.807, 2.05) is 0 Å². The summed E-state index contributed by atoms with van der Waals surface area (Å²) in [6.45, 7) is 0.108. The van der Waals surface area contributed by atoms with Gasteiger partial charge in [-0.25, -0.2) is 10.2 Å². The van der Waals surface area contributed by atoms with Crippen molar-refractivity contribution in [2.24, 2.45) is 5.10 Å². The van der Waals surface area contributed by atoms with E-state index >= 15 is 0 Å². The molecule has 31 heavy (non-hydrogen) atoms. The van der Waals surface area contributed by atoms with Crippen molar-refractivity contribution in [3.05, 3.63) is 80.5 Å². The number of halogens is 2. The molecular formula is C21H13Br2N3O5. The third kappa shape index (κ3) is 4.92. The molecule has 0 saturated carbocycles. The van der Waals surface area contributed by atoms with Crippen molar-refractivity contribution in [2.45, 2.75) is 0 Å². The van der Waals surface area contributed by atoms with Crippen LogP contribution in [0.5, 0.6) is 17.2 Å². The maximum atomic E-state index is 12.7. The van der Waals surface area contributed by atoms with E-state index in [1.165, 1.54) is 12.4 Å². The Hall–Kier alpha value is -3.24. The molecule has 1 N–H and O–H groups in total. The molecule has 156 valence electrons. The molecular weight excluding hydrogens is 534 g/mol. The van der Waals surface area contributed by atoms with Crippen LogP contribution in [0.3, 0.4) is 0 Å². The van der Waals surface area contributed by atoms with Crippen LogP contribution in [-0.4, -0.2) is 29.9 Å². The molecule has 10 heteroatoms. The van der Waals surface area contributed by atoms with Gasteiger partial charge in [-0.2, -0.15) is 5.10 Å². The smallest absolute Gasteiger partial charge is 0.343 e. The summed E-state index contributed by atoms with van der Waals surface area (Å²) < 4.78 is 17.4. The standard InChI is InChI=1S/C21H13Br2N3O5/c22-14-7-13(10-25-26-20(27)16-3-1-2-6-24-16)19(15(23)9-14)31-21(28)12-4-5-17-18(8-12)30-11-29-17/h1-10H,11H2,(H,26,27). The van der Waals surface area contributed by atoms with Gasteiger partial charge in [-0.15, -0.1) is 0 Å². The molecule has 0 spiro atoms. The summed E-state index contributed by atoms with van der Waals surface area (Å²) in [6.07, 6.45) is 2.89. The number of nitrogens with zero attached hydrogens (tertiary/aromatic N) is 2. The molecule has 0 radical (unpaired) electrons. The highest BCUT2D eigenvalue weighted by molar-refractivity contribution is 9.11. The number of hydrazone groups is 1. The minimum absolute atomic E-state index is 0.108. The molecule has 1 aromatic heterocycles. The van der Waals surface area contributed by atoms with Crippen LogP contribution in [0.4, 0.5) is 0 Å². The Morgan fingerprint density at radius 1 is 1.10 bits per heavy atom. The van der Waals surface area contributed by atoms with Gasteiger partial charge in [0.05, 0.1) is 16.3 Å². The van der Waals surface area contributed by atoms with E-state index in [-0.39, 0.29) is 18.2 Å². The lowest BCUT2D eigenvalue weighted by atomic mass is 10.2. The predicted octanol–water partition coefficient (Wildman–Crippen LogP) is 4.32. The van der Waals surface area contributed by atoms with Crippen molar-refractivity contribution in [2.75, 3.05) is 6.79 Å². The van der Waals surface area contributed by atoms with Gasteiger partial charge in [-0.3, -0.25) is 9.78 Å². The Bertz CT molecular complexity index is 1190. The van der Waals surface area contributed by atoms with E-state index in [9.17, 15) is 9.59 Å². The lowest BCUT2D eigenvalue weighted by Crippen LogP contribution is -2.19. The first-order chi connectivity index (χ1) is 15.0. The second-order valence-corrected chi connectivity index (χ2v) is 7.95. The molecule has 0 bridgehead atoms. The normalized spacial score (nSPS) is 12.1. The van der Waals surface area contributed by atoms with Gasteiger partial charge >= 0.3 is 5.97 Å². The SMILES string of the molecule is O=C(Oc1c(Br)cc(Br)cc1C=NNC(=O)c1ccccn1)c1ccc2c(c1)OCO2. The Labute approximate surface area is 193 Å². The van der Waals surface area contributed by atoms with E-state index in [0.29, 0.717) is 27.1 Å². The number of carbonyl (C=O) groups excluding carboxylic acids is 2. The molecule has 2 heterocycles. The van der Waals surface area contributed by atoms with E-state index < -0.39 is 11.9 Å². The van der Waals surface area contributed by atoms with Gasteiger partial charge in [0.2, 0.25) is 6.79 Å². The second kappa shape index (κ2) is 9.27. The number of pyridine rings is 1. The third-order valence-electron chi connectivity index (χ3n) is 4.11. The average molecular weight is 547 g/mol. The summed E-state index contributed by atoms with van der Waals surface area (Å²) in [6, 6.07) is 13.2. The minimum atomic E-state index is -0.589. The molecule has 0 atom stereocenters. The Morgan fingerprint density at radius 3 is 2.74 bits per heavy atom. The summed E-state index contributed by atoms with van der Waals surface area (Å²) in [5, 5.41) is 3.95. The number of ether oxygens (including phenoxy) is 3. The number of hydrogen-bond donors (Lipinski definition) is 1. The molecule has 2 aromatic carbocycles. The molecule has 1 aliphatic heterocycles. The van der Waals surface area contributed by atoms with Crippen molar-refractivity contribution >= 4 is 50.0 Å². The number of hydrogen-bond acceptors (Lipinski definition) is 7. The zero-order valence-electron chi connectivity index (χ0n) is 15.7. The molecule has 4 rings (SSSR count). The molecule has 8 nitrogen and oxygen atoms in total. The van der Waals surface area contributed by atoms with Gasteiger partial charge < -0.3 is 14.2 Å². The Balaban J connectivity index is 1.54. The predicted molar refractivity (Wildman–Crippen MR) is 119 cm³/mol. The molecule has 0 unspecified atom stereocenters. The third-order valence-corrected chi connectivity index (χ3v) is 5.15. The van der Waals surface area contributed by atoms with E-state index in [4.69, 9.17) is 14.2 Å². The molecule has 3 aromatic rings. The van der Waals surface area contributed by atoms with Crippen molar-refractivity contribution in [1.82, 2.24) is 10.4 Å². The molecule has 0 saturated heterocycles. The quantitative estimate of drug-likeness (QED) is 0.221. The van der Waals surface area contributed by atoms with Gasteiger partial charge in [0, 0.05) is 16.2 Å². The number of amides is 1. The van der Waals surface area contributed by atoms with E-state index in [2.05, 4.69) is 47.4 Å². The number of rotatable bonds is 5. The molecule has 1 amide bonds. The fraction of sp³-hybridized carbons (Fsp3) is 0.0476. The number of nitrogens with one attached hydrogen (secondary N) is 1. The number of fused-ring (bicyclic) bond motifs is 1. The molecule has 0 fully saturated rings. The highest BCUT2D eigenvalue weighted by Crippen LogP contribution is 2.35. The lowest BCUT2D eigenvalue weighted by Gasteiger charge is -2.11. The van der Waals surface area contributed by atoms with Gasteiger partial charge in [0.1, 0.15) is 5.69 Å². The van der Waals surface area contributed by atoms with Crippen molar-refractivity contribution < 1.29 is 23.8 Å². The van der Waals surface area contributed by atoms with Crippen LogP contribution >= 0.6 is 31.9 Å². The lowest BCUT2D eigenvalue weighted by molar-refractivity contribution is 0.0732. The van der Waals surface area contributed by atoms with Gasteiger partial charge in [0.15, 0.2) is 17.2 Å². The molecule has 0 aliphatic carbocycles. The van der Waals surface area contributed by atoms with Gasteiger partial charge in [0.25, 0.3) is 5.91 Å². The van der Waals surface area contributed by atoms with Crippen molar-refractivity contribution in [1.29, 1.82) is 0 Å². The summed E-state index contributed by atoms with van der Waals surface area (Å²) in [7, 11) is 0. The van der Waals surface area contributed by atoms with Crippen molar-refractivity contribution in [3.63, 3.8) is 0 Å². The topological polar surface area (TPSA) is 99.1 Å². The number of carbonyl (C=O) groups is 2. The van der Waals surface area contributed by atoms with E-state index in [1.54, 1.807) is 48.5 Å². The van der Waals surface area contributed by atoms with Gasteiger partial charge in [-0.1, -0.05) is 22.0 Å². The molecule has 1 aliphatic rings. The van der Waals surface area contributed by atoms with Crippen molar-refractivity contribution in [3.8, 4) is 17.2 Å². The van der Waals surface area contributed by atoms with E-state index in [0.717, 1.165) is 4.47 Å². The number of benzene rings is 2. The first-order valence-electron chi connectivity index (χ1n) is 8.86. The second-order valence-electron chi connectivity index (χ2n) is 6.18. The first kappa shape index (κ1) is 21.0. The van der Waals surface area contributed by atoms with Crippen LogP contribution < -0.4 is 19.6 Å².